The van der Waals surface area contributed by atoms with E-state index in [1.807, 2.05) is 23.9 Å². The van der Waals surface area contributed by atoms with E-state index in [0.29, 0.717) is 22.0 Å². The maximum atomic E-state index is 13.4. The molecular formula is C19H24Cl2N2OS. The van der Waals surface area contributed by atoms with E-state index < -0.39 is 0 Å². The Hall–Kier alpha value is -0.420. The number of hydrogen-bond acceptors (Lipinski definition) is 3. The Morgan fingerprint density at radius 1 is 1.16 bits per heavy atom. The molecule has 2 saturated heterocycles. The van der Waals surface area contributed by atoms with Gasteiger partial charge in [-0.15, -0.1) is 0 Å². The fourth-order valence-electron chi connectivity index (χ4n) is 4.42. The Labute approximate surface area is 164 Å². The molecule has 1 aromatic carbocycles. The summed E-state index contributed by atoms with van der Waals surface area (Å²) in [6.07, 6.45) is 4.39. The summed E-state index contributed by atoms with van der Waals surface area (Å²) in [4.78, 5) is 18.1. The molecule has 136 valence electrons. The zero-order chi connectivity index (χ0) is 17.4. The van der Waals surface area contributed by atoms with Crippen molar-refractivity contribution < 1.29 is 4.79 Å². The smallest absolute Gasteiger partial charge is 0.230 e. The van der Waals surface area contributed by atoms with E-state index in [9.17, 15) is 4.79 Å². The SMILES string of the molecule is O=C([C@H]1CCc2cc(Cl)c(Cl)cc21)N1CCSC[C@H]1CN1CCCC1. The van der Waals surface area contributed by atoms with Gasteiger partial charge in [0.05, 0.1) is 22.0 Å². The molecule has 0 N–H and O–H groups in total. The van der Waals surface area contributed by atoms with Crippen LogP contribution in [0.3, 0.4) is 0 Å². The summed E-state index contributed by atoms with van der Waals surface area (Å²) in [5.74, 6) is 2.35. The van der Waals surface area contributed by atoms with Crippen LogP contribution in [0.15, 0.2) is 12.1 Å². The van der Waals surface area contributed by atoms with Crippen molar-refractivity contribution in [2.45, 2.75) is 37.6 Å². The molecule has 0 unspecified atom stereocenters. The van der Waals surface area contributed by atoms with Crippen LogP contribution in [0.1, 0.15) is 36.3 Å². The molecule has 0 spiro atoms. The molecule has 2 fully saturated rings. The third-order valence-electron chi connectivity index (χ3n) is 5.74. The molecule has 0 aromatic heterocycles. The lowest BCUT2D eigenvalue weighted by atomic mass is 9.99. The first-order chi connectivity index (χ1) is 12.1. The van der Waals surface area contributed by atoms with Gasteiger partial charge in [-0.05, 0) is 62.0 Å². The van der Waals surface area contributed by atoms with Crippen molar-refractivity contribution >= 4 is 40.9 Å². The molecular weight excluding hydrogens is 375 g/mol. The van der Waals surface area contributed by atoms with Crippen molar-refractivity contribution in [1.29, 1.82) is 0 Å². The van der Waals surface area contributed by atoms with Gasteiger partial charge in [0.25, 0.3) is 0 Å². The lowest BCUT2D eigenvalue weighted by Crippen LogP contribution is -2.52. The second kappa shape index (κ2) is 7.67. The van der Waals surface area contributed by atoms with E-state index in [1.165, 1.54) is 31.5 Å². The van der Waals surface area contributed by atoms with E-state index in [1.54, 1.807) is 0 Å². The molecule has 1 aliphatic carbocycles. The number of fused-ring (bicyclic) bond motifs is 1. The second-order valence-electron chi connectivity index (χ2n) is 7.32. The number of aryl methyl sites for hydroxylation is 1. The molecule has 0 saturated carbocycles. The van der Waals surface area contributed by atoms with Crippen LogP contribution in [0, 0.1) is 0 Å². The van der Waals surface area contributed by atoms with Crippen molar-refractivity contribution in [3.8, 4) is 0 Å². The number of carbonyl (C=O) groups excluding carboxylic acids is 1. The van der Waals surface area contributed by atoms with Crippen LogP contribution in [0.2, 0.25) is 10.0 Å². The first-order valence-corrected chi connectivity index (χ1v) is 11.1. The van der Waals surface area contributed by atoms with Gasteiger partial charge in [0, 0.05) is 24.6 Å². The zero-order valence-corrected chi connectivity index (χ0v) is 16.7. The monoisotopic (exact) mass is 398 g/mol. The highest BCUT2D eigenvalue weighted by Gasteiger charge is 2.37. The van der Waals surface area contributed by atoms with Crippen LogP contribution >= 0.6 is 35.0 Å². The number of rotatable bonds is 3. The molecule has 2 aliphatic heterocycles. The molecule has 3 nitrogen and oxygen atoms in total. The average molecular weight is 399 g/mol. The molecule has 1 aromatic rings. The van der Waals surface area contributed by atoms with Gasteiger partial charge in [-0.1, -0.05) is 23.2 Å². The van der Waals surface area contributed by atoms with E-state index in [4.69, 9.17) is 23.2 Å². The van der Waals surface area contributed by atoms with Crippen LogP contribution in [0.5, 0.6) is 0 Å². The minimum Gasteiger partial charge on any atom is -0.336 e. The summed E-state index contributed by atoms with van der Waals surface area (Å²) in [7, 11) is 0. The first-order valence-electron chi connectivity index (χ1n) is 9.22. The minimum atomic E-state index is -0.0473. The topological polar surface area (TPSA) is 23.6 Å². The van der Waals surface area contributed by atoms with Crippen LogP contribution < -0.4 is 0 Å². The van der Waals surface area contributed by atoms with Gasteiger partial charge in [0.15, 0.2) is 0 Å². The second-order valence-corrected chi connectivity index (χ2v) is 9.29. The van der Waals surface area contributed by atoms with Gasteiger partial charge in [-0.25, -0.2) is 0 Å². The third-order valence-corrected chi connectivity index (χ3v) is 7.55. The largest absolute Gasteiger partial charge is 0.336 e. The third kappa shape index (κ3) is 3.69. The fourth-order valence-corrected chi connectivity index (χ4v) is 5.82. The maximum Gasteiger partial charge on any atom is 0.230 e. The quantitative estimate of drug-likeness (QED) is 0.766. The summed E-state index contributed by atoms with van der Waals surface area (Å²) in [5.41, 5.74) is 2.28. The first kappa shape index (κ1) is 18.0. The molecule has 4 rings (SSSR count). The number of halogens is 2. The van der Waals surface area contributed by atoms with Gasteiger partial charge in [-0.2, -0.15) is 11.8 Å². The van der Waals surface area contributed by atoms with E-state index >= 15 is 0 Å². The Bertz CT molecular complexity index is 663. The highest BCUT2D eigenvalue weighted by Crippen LogP contribution is 2.39. The van der Waals surface area contributed by atoms with Crippen LogP contribution in [-0.2, 0) is 11.2 Å². The average Bonchev–Trinajstić information content (AvgIpc) is 3.25. The summed E-state index contributed by atoms with van der Waals surface area (Å²) in [5, 5.41) is 1.15. The summed E-state index contributed by atoms with van der Waals surface area (Å²) in [6, 6.07) is 4.21. The Morgan fingerprint density at radius 3 is 2.72 bits per heavy atom. The number of hydrogen-bond donors (Lipinski definition) is 0. The molecule has 2 atom stereocenters. The van der Waals surface area contributed by atoms with Crippen LogP contribution in [-0.4, -0.2) is 59.4 Å². The van der Waals surface area contributed by atoms with Crippen molar-refractivity contribution in [2.75, 3.05) is 37.7 Å². The predicted molar refractivity (Wildman–Crippen MR) is 106 cm³/mol. The summed E-state index contributed by atoms with van der Waals surface area (Å²) < 4.78 is 0. The maximum absolute atomic E-state index is 13.4. The van der Waals surface area contributed by atoms with Crippen molar-refractivity contribution in [1.82, 2.24) is 9.80 Å². The number of nitrogens with zero attached hydrogens (tertiary/aromatic N) is 2. The van der Waals surface area contributed by atoms with Crippen LogP contribution in [0.4, 0.5) is 0 Å². The van der Waals surface area contributed by atoms with Gasteiger partial charge in [0.1, 0.15) is 0 Å². The summed E-state index contributed by atoms with van der Waals surface area (Å²) >= 11 is 14.4. The molecule has 0 bridgehead atoms. The fraction of sp³-hybridized carbons (Fsp3) is 0.632. The number of thioether (sulfide) groups is 1. The molecule has 2 heterocycles. The standard InChI is InChI=1S/C19H24Cl2N2OS/c20-17-9-13-3-4-15(16(13)10-18(17)21)19(24)23-7-8-25-12-14(23)11-22-5-1-2-6-22/h9-10,14-15H,1-8,11-12H2/t14-,15+/m1/s1. The van der Waals surface area contributed by atoms with Gasteiger partial charge in [0.2, 0.25) is 5.91 Å². The van der Waals surface area contributed by atoms with Crippen LogP contribution in [0.25, 0.3) is 0 Å². The Kier molecular flexibility index (Phi) is 5.52. The highest BCUT2D eigenvalue weighted by molar-refractivity contribution is 7.99. The Balaban J connectivity index is 1.52. The van der Waals surface area contributed by atoms with Crippen molar-refractivity contribution in [2.24, 2.45) is 0 Å². The van der Waals surface area contributed by atoms with E-state index in [-0.39, 0.29) is 5.92 Å². The van der Waals surface area contributed by atoms with Gasteiger partial charge in [-0.3, -0.25) is 4.79 Å². The Morgan fingerprint density at radius 2 is 1.92 bits per heavy atom. The molecule has 25 heavy (non-hydrogen) atoms. The lowest BCUT2D eigenvalue weighted by molar-refractivity contribution is -0.135. The normalized spacial score (nSPS) is 26.9. The van der Waals surface area contributed by atoms with Gasteiger partial charge < -0.3 is 9.80 Å². The molecule has 3 aliphatic rings. The lowest BCUT2D eigenvalue weighted by Gasteiger charge is -2.39. The molecule has 6 heteroatoms. The zero-order valence-electron chi connectivity index (χ0n) is 14.3. The molecule has 0 radical (unpaired) electrons. The molecule has 1 amide bonds. The van der Waals surface area contributed by atoms with Crippen molar-refractivity contribution in [3.05, 3.63) is 33.3 Å². The highest BCUT2D eigenvalue weighted by atomic mass is 35.5. The van der Waals surface area contributed by atoms with E-state index in [0.717, 1.165) is 43.0 Å². The number of amides is 1. The van der Waals surface area contributed by atoms with Gasteiger partial charge >= 0.3 is 0 Å². The number of carbonyl (C=O) groups is 1. The predicted octanol–water partition coefficient (Wildman–Crippen LogP) is 4.06. The number of benzene rings is 1. The summed E-state index contributed by atoms with van der Waals surface area (Å²) in [6.45, 7) is 4.27. The van der Waals surface area contributed by atoms with Crippen molar-refractivity contribution in [3.63, 3.8) is 0 Å². The number of likely N-dealkylation sites (tertiary alicyclic amines) is 1. The minimum absolute atomic E-state index is 0.0473. The van der Waals surface area contributed by atoms with E-state index in [2.05, 4.69) is 9.80 Å².